The summed E-state index contributed by atoms with van der Waals surface area (Å²) < 4.78 is 7.58. The minimum Gasteiger partial charge on any atom is -0.339 e. The van der Waals surface area contributed by atoms with Crippen LogP contribution in [0.2, 0.25) is 0 Å². The van der Waals surface area contributed by atoms with E-state index in [9.17, 15) is 4.79 Å². The number of nitrogens with zero attached hydrogens (tertiary/aromatic N) is 6. The standard InChI is InChI=1S/C14H16N6O2/c1-10(2)8-13-15-12(16-22-13)9-19-14(21)20(18-17-19)11-6-4-3-5-7-11/h3-7,10H,8-9H2,1-2H3. The highest BCUT2D eigenvalue weighted by Crippen LogP contribution is 2.06. The fourth-order valence-corrected chi connectivity index (χ4v) is 2.03. The van der Waals surface area contributed by atoms with Gasteiger partial charge in [-0.05, 0) is 28.5 Å². The quantitative estimate of drug-likeness (QED) is 0.699. The van der Waals surface area contributed by atoms with Gasteiger partial charge >= 0.3 is 5.69 Å². The van der Waals surface area contributed by atoms with Gasteiger partial charge in [0, 0.05) is 6.42 Å². The van der Waals surface area contributed by atoms with Crippen LogP contribution in [0.3, 0.4) is 0 Å². The largest absolute Gasteiger partial charge is 0.368 e. The van der Waals surface area contributed by atoms with Crippen LogP contribution >= 0.6 is 0 Å². The maximum Gasteiger partial charge on any atom is 0.368 e. The molecule has 3 rings (SSSR count). The number of rotatable bonds is 5. The van der Waals surface area contributed by atoms with Gasteiger partial charge in [-0.1, -0.05) is 37.2 Å². The van der Waals surface area contributed by atoms with Crippen LogP contribution in [0.5, 0.6) is 0 Å². The summed E-state index contributed by atoms with van der Waals surface area (Å²) in [5.74, 6) is 1.40. The molecule has 0 saturated heterocycles. The van der Waals surface area contributed by atoms with Gasteiger partial charge in [0.2, 0.25) is 5.89 Å². The summed E-state index contributed by atoms with van der Waals surface area (Å²) in [6.45, 7) is 4.27. The van der Waals surface area contributed by atoms with Crippen molar-refractivity contribution in [2.45, 2.75) is 26.8 Å². The van der Waals surface area contributed by atoms with Crippen molar-refractivity contribution in [3.63, 3.8) is 0 Å². The van der Waals surface area contributed by atoms with Gasteiger partial charge < -0.3 is 4.52 Å². The van der Waals surface area contributed by atoms with Crippen LogP contribution in [-0.2, 0) is 13.0 Å². The van der Waals surface area contributed by atoms with Crippen molar-refractivity contribution < 1.29 is 4.52 Å². The summed E-state index contributed by atoms with van der Waals surface area (Å²) in [6.07, 6.45) is 0.707. The van der Waals surface area contributed by atoms with Crippen LogP contribution in [0, 0.1) is 5.92 Å². The smallest absolute Gasteiger partial charge is 0.339 e. The second-order valence-electron chi connectivity index (χ2n) is 5.37. The molecule has 0 amide bonds. The van der Waals surface area contributed by atoms with E-state index in [0.29, 0.717) is 29.7 Å². The fourth-order valence-electron chi connectivity index (χ4n) is 2.03. The lowest BCUT2D eigenvalue weighted by molar-refractivity contribution is 0.357. The number of para-hydroxylation sites is 1. The SMILES string of the molecule is CC(C)Cc1nc(Cn2nnn(-c3ccccc3)c2=O)no1. The molecule has 1 aromatic carbocycles. The lowest BCUT2D eigenvalue weighted by Gasteiger charge is -1.96. The zero-order valence-corrected chi connectivity index (χ0v) is 12.4. The summed E-state index contributed by atoms with van der Waals surface area (Å²) in [7, 11) is 0. The van der Waals surface area contributed by atoms with Crippen molar-refractivity contribution in [2.75, 3.05) is 0 Å². The average molecular weight is 300 g/mol. The Morgan fingerprint density at radius 1 is 1.18 bits per heavy atom. The minimum atomic E-state index is -0.346. The Kier molecular flexibility index (Phi) is 3.82. The van der Waals surface area contributed by atoms with Gasteiger partial charge in [0.1, 0.15) is 6.54 Å². The molecule has 0 atom stereocenters. The van der Waals surface area contributed by atoms with Crippen molar-refractivity contribution in [2.24, 2.45) is 5.92 Å². The van der Waals surface area contributed by atoms with E-state index < -0.39 is 0 Å². The molecular weight excluding hydrogens is 284 g/mol. The average Bonchev–Trinajstić information content (AvgIpc) is 3.08. The molecular formula is C14H16N6O2. The molecule has 0 saturated carbocycles. The van der Waals surface area contributed by atoms with Crippen molar-refractivity contribution >= 4 is 0 Å². The Balaban J connectivity index is 1.81. The molecule has 0 radical (unpaired) electrons. The molecule has 114 valence electrons. The predicted octanol–water partition coefficient (Wildman–Crippen LogP) is 1.06. The van der Waals surface area contributed by atoms with E-state index in [1.165, 1.54) is 9.36 Å². The zero-order chi connectivity index (χ0) is 15.5. The van der Waals surface area contributed by atoms with Gasteiger partial charge in [-0.25, -0.2) is 4.79 Å². The first-order chi connectivity index (χ1) is 10.6. The molecule has 8 nitrogen and oxygen atoms in total. The van der Waals surface area contributed by atoms with Crippen molar-refractivity contribution in [3.8, 4) is 5.69 Å². The molecule has 0 spiro atoms. The number of hydrogen-bond acceptors (Lipinski definition) is 6. The Labute approximate surface area is 126 Å². The maximum atomic E-state index is 12.3. The van der Waals surface area contributed by atoms with Gasteiger partial charge in [0.05, 0.1) is 5.69 Å². The molecule has 0 bridgehead atoms. The highest BCUT2D eigenvalue weighted by atomic mass is 16.5. The molecule has 8 heteroatoms. The zero-order valence-electron chi connectivity index (χ0n) is 12.4. The van der Waals surface area contributed by atoms with E-state index >= 15 is 0 Å². The molecule has 3 aromatic rings. The molecule has 0 fully saturated rings. The Bertz CT molecular complexity index is 802. The topological polar surface area (TPSA) is 91.6 Å². The van der Waals surface area contributed by atoms with Crippen molar-refractivity contribution in [3.05, 3.63) is 52.5 Å². The number of aromatic nitrogens is 6. The minimum absolute atomic E-state index is 0.132. The van der Waals surface area contributed by atoms with Gasteiger partial charge in [-0.15, -0.1) is 0 Å². The van der Waals surface area contributed by atoms with E-state index in [4.69, 9.17) is 4.52 Å². The van der Waals surface area contributed by atoms with Gasteiger partial charge in [0.25, 0.3) is 0 Å². The van der Waals surface area contributed by atoms with Crippen LogP contribution in [-0.4, -0.2) is 29.9 Å². The first-order valence-electron chi connectivity index (χ1n) is 7.03. The third kappa shape index (κ3) is 2.95. The maximum absolute atomic E-state index is 12.3. The molecule has 0 aliphatic rings. The highest BCUT2D eigenvalue weighted by molar-refractivity contribution is 5.28. The van der Waals surface area contributed by atoms with E-state index in [-0.39, 0.29) is 12.2 Å². The molecule has 0 aliphatic carbocycles. The summed E-state index contributed by atoms with van der Waals surface area (Å²) in [4.78, 5) is 16.5. The Morgan fingerprint density at radius 2 is 1.95 bits per heavy atom. The molecule has 2 aromatic heterocycles. The van der Waals surface area contributed by atoms with Crippen LogP contribution in [0.4, 0.5) is 0 Å². The summed E-state index contributed by atoms with van der Waals surface area (Å²) in [5, 5.41) is 11.6. The predicted molar refractivity (Wildman–Crippen MR) is 77.6 cm³/mol. The van der Waals surface area contributed by atoms with Crippen molar-refractivity contribution in [1.82, 2.24) is 29.9 Å². The molecule has 0 aliphatic heterocycles. The first kappa shape index (κ1) is 14.2. The van der Waals surface area contributed by atoms with Gasteiger partial charge in [0.15, 0.2) is 5.82 Å². The van der Waals surface area contributed by atoms with Gasteiger partial charge in [-0.3, -0.25) is 0 Å². The summed E-state index contributed by atoms with van der Waals surface area (Å²) in [6, 6.07) is 9.11. The normalized spacial score (nSPS) is 11.2. The number of hydrogen-bond donors (Lipinski definition) is 0. The molecule has 2 heterocycles. The first-order valence-corrected chi connectivity index (χ1v) is 7.03. The van der Waals surface area contributed by atoms with Crippen molar-refractivity contribution in [1.29, 1.82) is 0 Å². The van der Waals surface area contributed by atoms with Crippen LogP contribution in [0.25, 0.3) is 5.69 Å². The number of tetrazole rings is 1. The fraction of sp³-hybridized carbons (Fsp3) is 0.357. The second kappa shape index (κ2) is 5.92. The van der Waals surface area contributed by atoms with E-state index in [2.05, 4.69) is 34.4 Å². The Morgan fingerprint density at radius 3 is 2.68 bits per heavy atom. The third-order valence-corrected chi connectivity index (χ3v) is 3.02. The molecule has 0 unspecified atom stereocenters. The molecule has 0 N–H and O–H groups in total. The monoisotopic (exact) mass is 300 g/mol. The Hall–Kier alpha value is -2.77. The third-order valence-electron chi connectivity index (χ3n) is 3.02. The lowest BCUT2D eigenvalue weighted by Crippen LogP contribution is -2.25. The molecule has 22 heavy (non-hydrogen) atoms. The number of benzene rings is 1. The van der Waals surface area contributed by atoms with Crippen LogP contribution < -0.4 is 5.69 Å². The highest BCUT2D eigenvalue weighted by Gasteiger charge is 2.13. The van der Waals surface area contributed by atoms with Gasteiger partial charge in [-0.2, -0.15) is 14.3 Å². The van der Waals surface area contributed by atoms with Crippen LogP contribution in [0.15, 0.2) is 39.6 Å². The van der Waals surface area contributed by atoms with Crippen LogP contribution in [0.1, 0.15) is 25.6 Å². The van der Waals surface area contributed by atoms with E-state index in [0.717, 1.165) is 0 Å². The van der Waals surface area contributed by atoms with E-state index in [1.807, 2.05) is 18.2 Å². The summed E-state index contributed by atoms with van der Waals surface area (Å²) >= 11 is 0. The summed E-state index contributed by atoms with van der Waals surface area (Å²) in [5.41, 5.74) is 0.314. The second-order valence-corrected chi connectivity index (χ2v) is 5.37. The lowest BCUT2D eigenvalue weighted by atomic mass is 10.1. The van der Waals surface area contributed by atoms with E-state index in [1.54, 1.807) is 12.1 Å².